The maximum absolute atomic E-state index is 11.8. The average Bonchev–Trinajstić information content (AvgIpc) is 3.04. The predicted molar refractivity (Wildman–Crippen MR) is 92.7 cm³/mol. The second-order valence-electron chi connectivity index (χ2n) is 4.46. The number of hydrogen-bond acceptors (Lipinski definition) is 6. The third-order valence-electron chi connectivity index (χ3n) is 2.89. The van der Waals surface area contributed by atoms with E-state index in [-0.39, 0.29) is 18.3 Å². The summed E-state index contributed by atoms with van der Waals surface area (Å²) in [5.74, 6) is 1.39. The highest BCUT2D eigenvalue weighted by molar-refractivity contribution is 7.09. The predicted octanol–water partition coefficient (Wildman–Crippen LogP) is 2.23. The molecule has 0 unspecified atom stereocenters. The Kier molecular flexibility index (Phi) is 8.39. The highest BCUT2D eigenvalue weighted by atomic mass is 35.5. The molecule has 0 spiro atoms. The minimum absolute atomic E-state index is 0. The number of ether oxygens (including phenoxy) is 2. The molecule has 1 heterocycles. The maximum Gasteiger partial charge on any atom is 0.270 e. The molecular weight excluding hydrogens is 338 g/mol. The van der Waals surface area contributed by atoms with Crippen molar-refractivity contribution in [3.8, 4) is 11.5 Å². The number of thiazole rings is 1. The third-order valence-corrected chi connectivity index (χ3v) is 3.76. The maximum atomic E-state index is 11.8. The van der Waals surface area contributed by atoms with E-state index in [4.69, 9.17) is 15.2 Å². The summed E-state index contributed by atoms with van der Waals surface area (Å²) in [5, 5.41) is 5.28. The van der Waals surface area contributed by atoms with Crippen LogP contribution in [0.3, 0.4) is 0 Å². The lowest BCUT2D eigenvalue weighted by molar-refractivity contribution is 0.0947. The molecule has 2 aromatic rings. The molecule has 0 fully saturated rings. The fraction of sp³-hybridized carbons (Fsp3) is 0.333. The zero-order valence-electron chi connectivity index (χ0n) is 12.8. The largest absolute Gasteiger partial charge is 0.497 e. The molecule has 0 atom stereocenters. The molecule has 8 heteroatoms. The van der Waals surface area contributed by atoms with E-state index in [1.54, 1.807) is 12.5 Å². The fourth-order valence-electron chi connectivity index (χ4n) is 1.74. The first-order valence-corrected chi connectivity index (χ1v) is 7.80. The SMILES string of the molecule is COc1ccc(OCCCNC(=O)c2csc(CN)n2)cc1.Cl. The van der Waals surface area contributed by atoms with Crippen molar-refractivity contribution >= 4 is 29.7 Å². The van der Waals surface area contributed by atoms with Crippen LogP contribution in [0.25, 0.3) is 0 Å². The normalized spacial score (nSPS) is 9.83. The van der Waals surface area contributed by atoms with Crippen molar-refractivity contribution in [2.45, 2.75) is 13.0 Å². The molecule has 2 rings (SSSR count). The van der Waals surface area contributed by atoms with Crippen LogP contribution in [-0.2, 0) is 6.54 Å². The van der Waals surface area contributed by atoms with Gasteiger partial charge in [0.15, 0.2) is 0 Å². The van der Waals surface area contributed by atoms with E-state index in [0.29, 0.717) is 31.8 Å². The molecule has 6 nitrogen and oxygen atoms in total. The Morgan fingerprint density at radius 2 is 2.00 bits per heavy atom. The van der Waals surface area contributed by atoms with Gasteiger partial charge in [-0.1, -0.05) is 0 Å². The number of methoxy groups -OCH3 is 1. The Balaban J connectivity index is 0.00000264. The van der Waals surface area contributed by atoms with Gasteiger partial charge in [-0.3, -0.25) is 4.79 Å². The minimum atomic E-state index is -0.180. The molecule has 0 aliphatic rings. The number of rotatable bonds is 8. The van der Waals surface area contributed by atoms with Crippen molar-refractivity contribution < 1.29 is 14.3 Å². The number of carbonyl (C=O) groups is 1. The van der Waals surface area contributed by atoms with Crippen molar-refractivity contribution in [2.24, 2.45) is 5.73 Å². The highest BCUT2D eigenvalue weighted by Gasteiger charge is 2.09. The zero-order chi connectivity index (χ0) is 15.8. The van der Waals surface area contributed by atoms with Gasteiger partial charge in [0.1, 0.15) is 22.2 Å². The van der Waals surface area contributed by atoms with Crippen LogP contribution in [0, 0.1) is 0 Å². The van der Waals surface area contributed by atoms with Crippen LogP contribution in [0.1, 0.15) is 21.9 Å². The monoisotopic (exact) mass is 357 g/mol. The van der Waals surface area contributed by atoms with Gasteiger partial charge >= 0.3 is 0 Å². The molecule has 0 radical (unpaired) electrons. The van der Waals surface area contributed by atoms with Gasteiger partial charge in [0.2, 0.25) is 0 Å². The van der Waals surface area contributed by atoms with Crippen molar-refractivity contribution in [3.63, 3.8) is 0 Å². The molecule has 1 amide bonds. The number of nitrogens with zero attached hydrogens (tertiary/aromatic N) is 1. The average molecular weight is 358 g/mol. The third kappa shape index (κ3) is 6.05. The number of nitrogens with two attached hydrogens (primary N) is 1. The second kappa shape index (κ2) is 10.0. The molecule has 0 saturated heterocycles. The van der Waals surface area contributed by atoms with E-state index in [1.807, 2.05) is 24.3 Å². The van der Waals surface area contributed by atoms with Gasteiger partial charge in [-0.05, 0) is 30.7 Å². The fourth-order valence-corrected chi connectivity index (χ4v) is 2.39. The molecule has 0 aliphatic heterocycles. The topological polar surface area (TPSA) is 86.5 Å². The molecule has 1 aromatic heterocycles. The Morgan fingerprint density at radius 3 is 2.61 bits per heavy atom. The van der Waals surface area contributed by atoms with Gasteiger partial charge in [-0.15, -0.1) is 23.7 Å². The number of hydrogen-bond donors (Lipinski definition) is 2. The van der Waals surface area contributed by atoms with Crippen LogP contribution in [0.5, 0.6) is 11.5 Å². The quantitative estimate of drug-likeness (QED) is 0.707. The van der Waals surface area contributed by atoms with Gasteiger partial charge < -0.3 is 20.5 Å². The van der Waals surface area contributed by atoms with E-state index >= 15 is 0 Å². The first kappa shape index (κ1) is 19.2. The van der Waals surface area contributed by atoms with E-state index in [1.165, 1.54) is 11.3 Å². The molecule has 0 aliphatic carbocycles. The van der Waals surface area contributed by atoms with E-state index < -0.39 is 0 Å². The van der Waals surface area contributed by atoms with Crippen LogP contribution in [0.2, 0.25) is 0 Å². The zero-order valence-corrected chi connectivity index (χ0v) is 14.4. The first-order valence-electron chi connectivity index (χ1n) is 6.92. The van der Waals surface area contributed by atoms with Crippen LogP contribution >= 0.6 is 23.7 Å². The van der Waals surface area contributed by atoms with Gasteiger partial charge in [-0.25, -0.2) is 4.98 Å². The van der Waals surface area contributed by atoms with Crippen molar-refractivity contribution in [1.82, 2.24) is 10.3 Å². The van der Waals surface area contributed by atoms with Gasteiger partial charge in [0, 0.05) is 18.5 Å². The van der Waals surface area contributed by atoms with Crippen LogP contribution < -0.4 is 20.5 Å². The lowest BCUT2D eigenvalue weighted by Gasteiger charge is -2.07. The lowest BCUT2D eigenvalue weighted by Crippen LogP contribution is -2.25. The molecule has 3 N–H and O–H groups in total. The molecular formula is C15H20ClN3O3S. The number of amides is 1. The Bertz CT molecular complexity index is 604. The summed E-state index contributed by atoms with van der Waals surface area (Å²) in [5.41, 5.74) is 5.89. The summed E-state index contributed by atoms with van der Waals surface area (Å²) in [4.78, 5) is 15.9. The number of carbonyl (C=O) groups excluding carboxylic acids is 1. The van der Waals surface area contributed by atoms with E-state index in [2.05, 4.69) is 10.3 Å². The van der Waals surface area contributed by atoms with Gasteiger partial charge in [-0.2, -0.15) is 0 Å². The highest BCUT2D eigenvalue weighted by Crippen LogP contribution is 2.16. The van der Waals surface area contributed by atoms with Crippen molar-refractivity contribution in [2.75, 3.05) is 20.3 Å². The smallest absolute Gasteiger partial charge is 0.270 e. The standard InChI is InChI=1S/C15H19N3O3S.ClH/c1-20-11-3-5-12(6-4-11)21-8-2-7-17-15(19)13-10-22-14(9-16)18-13;/h3-6,10H,2,7-9,16H2,1H3,(H,17,19);1H. The van der Waals surface area contributed by atoms with Crippen molar-refractivity contribution in [3.05, 3.63) is 40.3 Å². The Morgan fingerprint density at radius 1 is 1.30 bits per heavy atom. The Labute approximate surface area is 145 Å². The minimum Gasteiger partial charge on any atom is -0.497 e. The molecule has 0 bridgehead atoms. The van der Waals surface area contributed by atoms with Crippen molar-refractivity contribution in [1.29, 1.82) is 0 Å². The number of aromatic nitrogens is 1. The summed E-state index contributed by atoms with van der Waals surface area (Å²) in [6, 6.07) is 7.38. The molecule has 1 aromatic carbocycles. The first-order chi connectivity index (χ1) is 10.7. The second-order valence-corrected chi connectivity index (χ2v) is 5.41. The summed E-state index contributed by atoms with van der Waals surface area (Å²) in [6.45, 7) is 1.41. The summed E-state index contributed by atoms with van der Waals surface area (Å²) >= 11 is 1.39. The van der Waals surface area contributed by atoms with Gasteiger partial charge in [0.05, 0.1) is 13.7 Å². The molecule has 126 valence electrons. The number of halogens is 1. The molecule has 0 saturated carbocycles. The summed E-state index contributed by atoms with van der Waals surface area (Å²) in [6.07, 6.45) is 0.714. The Hall–Kier alpha value is -1.83. The summed E-state index contributed by atoms with van der Waals surface area (Å²) < 4.78 is 10.7. The molecule has 23 heavy (non-hydrogen) atoms. The lowest BCUT2D eigenvalue weighted by atomic mass is 10.3. The van der Waals surface area contributed by atoms with E-state index in [0.717, 1.165) is 16.5 Å². The van der Waals surface area contributed by atoms with E-state index in [9.17, 15) is 4.79 Å². The van der Waals surface area contributed by atoms with Crippen LogP contribution in [0.4, 0.5) is 0 Å². The van der Waals surface area contributed by atoms with Crippen LogP contribution in [0.15, 0.2) is 29.6 Å². The number of benzene rings is 1. The number of nitrogens with one attached hydrogen (secondary N) is 1. The summed E-state index contributed by atoms with van der Waals surface area (Å²) in [7, 11) is 1.62. The van der Waals surface area contributed by atoms with Crippen LogP contribution in [-0.4, -0.2) is 31.2 Å². The van der Waals surface area contributed by atoms with Gasteiger partial charge in [0.25, 0.3) is 5.91 Å².